The van der Waals surface area contributed by atoms with E-state index >= 15 is 0 Å². The molecule has 9 heteroatoms. The van der Waals surface area contributed by atoms with Gasteiger partial charge in [0.1, 0.15) is 12.1 Å². The summed E-state index contributed by atoms with van der Waals surface area (Å²) in [6.45, 7) is 15.1. The number of nitrogens with zero attached hydrogens (tertiary/aromatic N) is 5. The molecule has 1 saturated heterocycles. The third-order valence-electron chi connectivity index (χ3n) is 6.03. The Morgan fingerprint density at radius 3 is 2.28 bits per heavy atom. The molecule has 1 fully saturated rings. The maximum absolute atomic E-state index is 5.46. The standard InChI is InChI=1S/C25H32N6O3.C2H6/c1-18(21-10-9-19(31(21)26-2)15-29-11-7-6-8-12-29)28-24-16-30(17-27-24)20-13-22(32-3)25(34-5)23(14-20)33-4;1-2/h9-10,13-14,16-17,28H,1-2,6-8,11-12,15H2,3-5H3;1-2H3. The van der Waals surface area contributed by atoms with Crippen molar-refractivity contribution in [3.63, 3.8) is 0 Å². The lowest BCUT2D eigenvalue weighted by Gasteiger charge is -2.26. The van der Waals surface area contributed by atoms with E-state index in [0.29, 0.717) is 28.8 Å². The Kier molecular flexibility index (Phi) is 9.58. The molecule has 0 aliphatic carbocycles. The maximum Gasteiger partial charge on any atom is 0.203 e. The van der Waals surface area contributed by atoms with Crippen LogP contribution in [-0.2, 0) is 6.54 Å². The highest BCUT2D eigenvalue weighted by atomic mass is 16.5. The Bertz CT molecular complexity index is 1140. The number of hydrogen-bond donors (Lipinski definition) is 1. The van der Waals surface area contributed by atoms with Crippen LogP contribution in [0.1, 0.15) is 44.5 Å². The van der Waals surface area contributed by atoms with Crippen molar-refractivity contribution in [2.45, 2.75) is 39.7 Å². The van der Waals surface area contributed by atoms with E-state index in [2.05, 4.69) is 39.7 Å². The van der Waals surface area contributed by atoms with Crippen molar-refractivity contribution in [1.82, 2.24) is 19.1 Å². The Morgan fingerprint density at radius 1 is 1.03 bits per heavy atom. The Morgan fingerprint density at radius 2 is 1.69 bits per heavy atom. The minimum Gasteiger partial charge on any atom is -0.493 e. The van der Waals surface area contributed by atoms with Gasteiger partial charge in [-0.25, -0.2) is 9.66 Å². The average molecular weight is 495 g/mol. The van der Waals surface area contributed by atoms with Crippen LogP contribution in [0.2, 0.25) is 0 Å². The second-order valence-electron chi connectivity index (χ2n) is 8.15. The van der Waals surface area contributed by atoms with Gasteiger partial charge >= 0.3 is 0 Å². The molecule has 1 aliphatic heterocycles. The number of hydrogen-bond acceptors (Lipinski definition) is 7. The second-order valence-corrected chi connectivity index (χ2v) is 8.15. The number of piperidine rings is 1. The van der Waals surface area contributed by atoms with Gasteiger partial charge in [-0.2, -0.15) is 5.10 Å². The van der Waals surface area contributed by atoms with Gasteiger partial charge in [0, 0.05) is 25.4 Å². The summed E-state index contributed by atoms with van der Waals surface area (Å²) in [5, 5.41) is 7.52. The molecular formula is C27H38N6O3. The van der Waals surface area contributed by atoms with E-state index in [1.807, 2.05) is 47.5 Å². The molecule has 0 unspecified atom stereocenters. The van der Waals surface area contributed by atoms with E-state index in [1.165, 1.54) is 19.3 Å². The van der Waals surface area contributed by atoms with Crippen LogP contribution in [-0.4, -0.2) is 60.3 Å². The van der Waals surface area contributed by atoms with E-state index in [9.17, 15) is 0 Å². The fourth-order valence-corrected chi connectivity index (χ4v) is 4.30. The first-order valence-electron chi connectivity index (χ1n) is 12.3. The predicted molar refractivity (Wildman–Crippen MR) is 146 cm³/mol. The maximum atomic E-state index is 5.46. The molecule has 0 saturated carbocycles. The van der Waals surface area contributed by atoms with E-state index in [1.54, 1.807) is 27.7 Å². The highest BCUT2D eigenvalue weighted by molar-refractivity contribution is 5.72. The van der Waals surface area contributed by atoms with Gasteiger partial charge in [-0.1, -0.05) is 26.8 Å². The number of nitrogens with one attached hydrogen (secondary N) is 1. The smallest absolute Gasteiger partial charge is 0.203 e. The lowest BCUT2D eigenvalue weighted by molar-refractivity contribution is 0.216. The van der Waals surface area contributed by atoms with Crippen LogP contribution >= 0.6 is 0 Å². The summed E-state index contributed by atoms with van der Waals surface area (Å²) in [6, 6.07) is 7.82. The fraction of sp³-hybridized carbons (Fsp3) is 0.407. The Hall–Kier alpha value is -3.72. The predicted octanol–water partition coefficient (Wildman–Crippen LogP) is 5.26. The molecular weight excluding hydrogens is 456 g/mol. The molecule has 9 nitrogen and oxygen atoms in total. The number of benzene rings is 1. The molecule has 194 valence electrons. The topological polar surface area (TPSA) is 78.1 Å². The molecule has 0 radical (unpaired) electrons. The number of anilines is 1. The molecule has 36 heavy (non-hydrogen) atoms. The molecule has 1 aliphatic rings. The first-order valence-corrected chi connectivity index (χ1v) is 12.3. The van der Waals surface area contributed by atoms with Crippen molar-refractivity contribution in [2.24, 2.45) is 5.10 Å². The normalized spacial score (nSPS) is 13.4. The summed E-state index contributed by atoms with van der Waals surface area (Å²) in [5.74, 6) is 2.33. The molecule has 0 spiro atoms. The van der Waals surface area contributed by atoms with Crippen LogP contribution < -0.4 is 19.5 Å². The van der Waals surface area contributed by atoms with E-state index in [-0.39, 0.29) is 0 Å². The molecule has 4 rings (SSSR count). The Balaban J connectivity index is 0.00000176. The molecule has 0 bridgehead atoms. The van der Waals surface area contributed by atoms with Crippen molar-refractivity contribution in [3.05, 3.63) is 54.8 Å². The zero-order chi connectivity index (χ0) is 26.1. The van der Waals surface area contributed by atoms with Gasteiger partial charge in [-0.15, -0.1) is 0 Å². The number of aromatic nitrogens is 3. The molecule has 0 atom stereocenters. The van der Waals surface area contributed by atoms with Gasteiger partial charge in [0.2, 0.25) is 5.75 Å². The molecule has 3 heterocycles. The van der Waals surface area contributed by atoms with Crippen LogP contribution in [0.3, 0.4) is 0 Å². The van der Waals surface area contributed by atoms with Gasteiger partial charge in [-0.05, 0) is 38.1 Å². The van der Waals surface area contributed by atoms with Gasteiger partial charge in [0.05, 0.1) is 50.3 Å². The van der Waals surface area contributed by atoms with Crippen molar-refractivity contribution in [2.75, 3.05) is 39.7 Å². The number of rotatable bonds is 10. The summed E-state index contributed by atoms with van der Waals surface area (Å²) in [4.78, 5) is 6.94. The van der Waals surface area contributed by atoms with Gasteiger partial charge in [-0.3, -0.25) is 4.90 Å². The van der Waals surface area contributed by atoms with E-state index in [4.69, 9.17) is 14.2 Å². The van der Waals surface area contributed by atoms with Gasteiger partial charge in [0.25, 0.3) is 0 Å². The third kappa shape index (κ3) is 5.91. The molecule has 0 amide bonds. The molecule has 1 N–H and O–H groups in total. The highest BCUT2D eigenvalue weighted by Gasteiger charge is 2.17. The monoisotopic (exact) mass is 494 g/mol. The van der Waals surface area contributed by atoms with Crippen LogP contribution in [0.4, 0.5) is 5.82 Å². The van der Waals surface area contributed by atoms with Gasteiger partial charge < -0.3 is 24.1 Å². The lowest BCUT2D eigenvalue weighted by atomic mass is 10.1. The molecule has 1 aromatic carbocycles. The quantitative estimate of drug-likeness (QED) is 0.388. The van der Waals surface area contributed by atoms with Crippen LogP contribution in [0.15, 0.2) is 48.5 Å². The average Bonchev–Trinajstić information content (AvgIpc) is 3.56. The van der Waals surface area contributed by atoms with Crippen LogP contribution in [0, 0.1) is 0 Å². The largest absolute Gasteiger partial charge is 0.493 e. The van der Waals surface area contributed by atoms with Crippen molar-refractivity contribution < 1.29 is 14.2 Å². The van der Waals surface area contributed by atoms with Crippen molar-refractivity contribution in [3.8, 4) is 22.9 Å². The zero-order valence-corrected chi connectivity index (χ0v) is 22.1. The van der Waals surface area contributed by atoms with Crippen LogP contribution in [0.25, 0.3) is 11.4 Å². The fourth-order valence-electron chi connectivity index (χ4n) is 4.30. The SMILES string of the molecule is C=Nn1c(CN2CCCCC2)ccc1C(=C)Nc1cn(-c2cc(OC)c(OC)c(OC)c2)cn1.CC. The minimum atomic E-state index is 0.540. The summed E-state index contributed by atoms with van der Waals surface area (Å²) in [6.07, 6.45) is 7.39. The summed E-state index contributed by atoms with van der Waals surface area (Å²) in [7, 11) is 4.76. The number of ether oxygens (including phenoxy) is 3. The summed E-state index contributed by atoms with van der Waals surface area (Å²) >= 11 is 0. The van der Waals surface area contributed by atoms with Crippen molar-refractivity contribution >= 4 is 18.2 Å². The number of methoxy groups -OCH3 is 3. The molecule has 3 aromatic rings. The number of imidazole rings is 1. The van der Waals surface area contributed by atoms with Crippen molar-refractivity contribution in [1.29, 1.82) is 0 Å². The highest BCUT2D eigenvalue weighted by Crippen LogP contribution is 2.39. The second kappa shape index (κ2) is 12.8. The Labute approximate surface area is 214 Å². The minimum absolute atomic E-state index is 0.540. The summed E-state index contributed by atoms with van der Waals surface area (Å²) in [5.41, 5.74) is 3.45. The van der Waals surface area contributed by atoms with E-state index in [0.717, 1.165) is 36.7 Å². The number of likely N-dealkylation sites (tertiary alicyclic amines) is 1. The zero-order valence-electron chi connectivity index (χ0n) is 22.1. The van der Waals surface area contributed by atoms with Gasteiger partial charge in [0.15, 0.2) is 11.5 Å². The van der Waals surface area contributed by atoms with Crippen LogP contribution in [0.5, 0.6) is 17.2 Å². The third-order valence-corrected chi connectivity index (χ3v) is 6.03. The van der Waals surface area contributed by atoms with E-state index < -0.39 is 0 Å². The molecule has 2 aromatic heterocycles. The summed E-state index contributed by atoms with van der Waals surface area (Å²) < 4.78 is 20.0. The first-order chi connectivity index (χ1) is 17.6. The lowest BCUT2D eigenvalue weighted by Crippen LogP contribution is -2.29. The first kappa shape index (κ1) is 26.9.